The van der Waals surface area contributed by atoms with Crippen molar-refractivity contribution in [1.29, 1.82) is 0 Å². The largest absolute Gasteiger partial charge is 0.481 e. The van der Waals surface area contributed by atoms with Crippen LogP contribution in [0.25, 0.3) is 0 Å². The molecular weight excluding hydrogens is 298 g/mol. The Labute approximate surface area is 123 Å². The van der Waals surface area contributed by atoms with Crippen LogP contribution in [0.4, 0.5) is 0 Å². The lowest BCUT2D eigenvalue weighted by Crippen LogP contribution is -2.48. The van der Waals surface area contributed by atoms with Crippen molar-refractivity contribution in [3.63, 3.8) is 0 Å². The summed E-state index contributed by atoms with van der Waals surface area (Å²) in [5, 5.41) is 12.4. The topological polar surface area (TPSA) is 104 Å². The van der Waals surface area contributed by atoms with Gasteiger partial charge in [-0.25, -0.2) is 8.42 Å². The van der Waals surface area contributed by atoms with Crippen molar-refractivity contribution in [3.8, 4) is 0 Å². The Hall–Kier alpha value is -1.45. The zero-order valence-corrected chi connectivity index (χ0v) is 12.7. The molecule has 21 heavy (non-hydrogen) atoms. The Morgan fingerprint density at radius 2 is 2.05 bits per heavy atom. The molecule has 0 radical (unpaired) electrons. The molecule has 1 aliphatic heterocycles. The molecule has 0 spiro atoms. The van der Waals surface area contributed by atoms with E-state index in [2.05, 4.69) is 10.1 Å². The van der Waals surface area contributed by atoms with Gasteiger partial charge in [-0.15, -0.1) is 0 Å². The van der Waals surface area contributed by atoms with Gasteiger partial charge in [0, 0.05) is 32.2 Å². The molecule has 1 aromatic rings. The minimum atomic E-state index is -3.48. The van der Waals surface area contributed by atoms with Crippen LogP contribution < -0.4 is 0 Å². The van der Waals surface area contributed by atoms with Crippen molar-refractivity contribution in [3.05, 3.63) is 17.5 Å². The summed E-state index contributed by atoms with van der Waals surface area (Å²) in [4.78, 5) is 12.6. The number of aromatic nitrogens is 1. The van der Waals surface area contributed by atoms with Gasteiger partial charge in [-0.3, -0.25) is 9.69 Å². The second-order valence-electron chi connectivity index (χ2n) is 5.07. The quantitative estimate of drug-likeness (QED) is 0.781. The molecule has 0 saturated carbocycles. The van der Waals surface area contributed by atoms with E-state index in [-0.39, 0.29) is 12.2 Å². The molecular formula is C12H19N3O5S. The summed E-state index contributed by atoms with van der Waals surface area (Å²) in [5.41, 5.74) is 0.819. The highest BCUT2D eigenvalue weighted by Crippen LogP contribution is 2.12. The molecule has 1 saturated heterocycles. The van der Waals surface area contributed by atoms with Crippen molar-refractivity contribution < 1.29 is 22.8 Å². The van der Waals surface area contributed by atoms with Gasteiger partial charge in [0.2, 0.25) is 10.0 Å². The number of hydrogen-bond acceptors (Lipinski definition) is 6. The van der Waals surface area contributed by atoms with Crippen LogP contribution in [-0.2, 0) is 21.4 Å². The molecule has 0 aliphatic carbocycles. The lowest BCUT2D eigenvalue weighted by atomic mass is 10.3. The number of aryl methyl sites for hydroxylation is 1. The van der Waals surface area contributed by atoms with E-state index in [9.17, 15) is 13.2 Å². The van der Waals surface area contributed by atoms with E-state index in [0.29, 0.717) is 32.7 Å². The van der Waals surface area contributed by atoms with Crippen LogP contribution >= 0.6 is 0 Å². The average Bonchev–Trinajstić information content (AvgIpc) is 2.83. The molecule has 0 bridgehead atoms. The molecule has 0 unspecified atom stereocenters. The summed E-state index contributed by atoms with van der Waals surface area (Å²) in [6, 6.07) is 1.86. The van der Waals surface area contributed by atoms with Crippen molar-refractivity contribution in [2.45, 2.75) is 19.9 Å². The number of rotatable bonds is 6. The van der Waals surface area contributed by atoms with Gasteiger partial charge in [0.1, 0.15) is 0 Å². The van der Waals surface area contributed by atoms with Crippen molar-refractivity contribution in [1.82, 2.24) is 14.4 Å². The summed E-state index contributed by atoms with van der Waals surface area (Å²) in [6.07, 6.45) is -0.361. The predicted octanol–water partition coefficient (Wildman–Crippen LogP) is -0.0949. The zero-order valence-electron chi connectivity index (χ0n) is 11.9. The van der Waals surface area contributed by atoms with Crippen LogP contribution in [0.3, 0.4) is 0 Å². The molecule has 1 aromatic heterocycles. The number of carboxylic acid groups (broad SMARTS) is 1. The van der Waals surface area contributed by atoms with E-state index < -0.39 is 16.0 Å². The third-order valence-corrected chi connectivity index (χ3v) is 5.23. The molecule has 0 amide bonds. The molecule has 0 atom stereocenters. The molecule has 2 heterocycles. The summed E-state index contributed by atoms with van der Waals surface area (Å²) >= 11 is 0. The first-order chi connectivity index (χ1) is 9.87. The average molecular weight is 317 g/mol. The number of carboxylic acids is 1. The summed E-state index contributed by atoms with van der Waals surface area (Å²) in [7, 11) is -3.48. The highest BCUT2D eigenvalue weighted by Gasteiger charge is 2.27. The monoisotopic (exact) mass is 317 g/mol. The highest BCUT2D eigenvalue weighted by molar-refractivity contribution is 7.89. The van der Waals surface area contributed by atoms with Crippen LogP contribution in [0.15, 0.2) is 10.6 Å². The van der Waals surface area contributed by atoms with E-state index in [1.807, 2.05) is 13.0 Å². The second-order valence-corrected chi connectivity index (χ2v) is 7.16. The van der Waals surface area contributed by atoms with E-state index in [1.165, 1.54) is 4.31 Å². The Kier molecular flexibility index (Phi) is 4.96. The maximum atomic E-state index is 12.0. The fraction of sp³-hybridized carbons (Fsp3) is 0.667. The smallest absolute Gasteiger partial charge is 0.304 e. The van der Waals surface area contributed by atoms with Crippen LogP contribution in [0.2, 0.25) is 0 Å². The summed E-state index contributed by atoms with van der Waals surface area (Å²) < 4.78 is 30.4. The standard InChI is InChI=1S/C12H19N3O5S/c1-10-8-11(20-13-10)9-14-3-5-15(6-4-14)21(18,19)7-2-12(16)17/h8H,2-7,9H2,1H3,(H,16,17). The van der Waals surface area contributed by atoms with Crippen LogP contribution in [0.5, 0.6) is 0 Å². The fourth-order valence-electron chi connectivity index (χ4n) is 2.22. The van der Waals surface area contributed by atoms with Gasteiger partial charge in [0.05, 0.1) is 24.4 Å². The molecule has 2 rings (SSSR count). The Morgan fingerprint density at radius 3 is 2.57 bits per heavy atom. The first-order valence-corrected chi connectivity index (χ1v) is 8.32. The second kappa shape index (κ2) is 6.54. The van der Waals surface area contributed by atoms with Gasteiger partial charge >= 0.3 is 5.97 Å². The molecule has 1 N–H and O–H groups in total. The minimum absolute atomic E-state index is 0.344. The van der Waals surface area contributed by atoms with Gasteiger partial charge in [-0.1, -0.05) is 5.16 Å². The van der Waals surface area contributed by atoms with E-state index in [0.717, 1.165) is 11.5 Å². The number of nitrogens with zero attached hydrogens (tertiary/aromatic N) is 3. The SMILES string of the molecule is Cc1cc(CN2CCN(S(=O)(=O)CCC(=O)O)CC2)on1. The zero-order chi connectivity index (χ0) is 15.5. The number of hydrogen-bond donors (Lipinski definition) is 1. The first-order valence-electron chi connectivity index (χ1n) is 6.71. The van der Waals surface area contributed by atoms with Crippen LogP contribution in [0.1, 0.15) is 17.9 Å². The maximum Gasteiger partial charge on any atom is 0.304 e. The lowest BCUT2D eigenvalue weighted by Gasteiger charge is -2.33. The lowest BCUT2D eigenvalue weighted by molar-refractivity contribution is -0.136. The number of sulfonamides is 1. The van der Waals surface area contributed by atoms with Gasteiger partial charge in [-0.2, -0.15) is 4.31 Å². The van der Waals surface area contributed by atoms with Gasteiger partial charge in [0.25, 0.3) is 0 Å². The Morgan fingerprint density at radius 1 is 1.38 bits per heavy atom. The normalized spacial score (nSPS) is 18.0. The molecule has 1 aliphatic rings. The fourth-order valence-corrected chi connectivity index (χ4v) is 3.63. The number of aliphatic carboxylic acids is 1. The molecule has 9 heteroatoms. The predicted molar refractivity (Wildman–Crippen MR) is 74.1 cm³/mol. The van der Waals surface area contributed by atoms with E-state index in [1.54, 1.807) is 0 Å². The Balaban J connectivity index is 1.83. The van der Waals surface area contributed by atoms with Crippen LogP contribution in [0, 0.1) is 6.92 Å². The van der Waals surface area contributed by atoms with E-state index >= 15 is 0 Å². The number of carbonyl (C=O) groups is 1. The minimum Gasteiger partial charge on any atom is -0.481 e. The van der Waals surface area contributed by atoms with Crippen molar-refractivity contribution in [2.24, 2.45) is 0 Å². The summed E-state index contributed by atoms with van der Waals surface area (Å²) in [5.74, 6) is -0.684. The number of piperazine rings is 1. The van der Waals surface area contributed by atoms with Gasteiger partial charge < -0.3 is 9.63 Å². The maximum absolute atomic E-state index is 12.0. The third-order valence-electron chi connectivity index (χ3n) is 3.35. The van der Waals surface area contributed by atoms with Crippen molar-refractivity contribution in [2.75, 3.05) is 31.9 Å². The highest BCUT2D eigenvalue weighted by atomic mass is 32.2. The van der Waals surface area contributed by atoms with Gasteiger partial charge in [0.15, 0.2) is 5.76 Å². The van der Waals surface area contributed by atoms with E-state index in [4.69, 9.17) is 9.63 Å². The first kappa shape index (κ1) is 15.9. The molecule has 118 valence electrons. The van der Waals surface area contributed by atoms with Crippen LogP contribution in [-0.4, -0.2) is 65.8 Å². The molecule has 1 fully saturated rings. The molecule has 8 nitrogen and oxygen atoms in total. The molecule has 0 aromatic carbocycles. The van der Waals surface area contributed by atoms with Crippen molar-refractivity contribution >= 4 is 16.0 Å². The third kappa shape index (κ3) is 4.51. The van der Waals surface area contributed by atoms with Gasteiger partial charge in [-0.05, 0) is 6.92 Å². The summed E-state index contributed by atoms with van der Waals surface area (Å²) in [6.45, 7) is 4.37. The Bertz CT molecular complexity index is 590.